The molecule has 51 heavy (non-hydrogen) atoms. The van der Waals surface area contributed by atoms with Crippen LogP contribution in [0.2, 0.25) is 0 Å². The van der Waals surface area contributed by atoms with Crippen LogP contribution in [0.4, 0.5) is 5.69 Å². The number of nitro benzene ring substituents is 1. The number of benzene rings is 3. The Balaban J connectivity index is 1.03. The highest BCUT2D eigenvalue weighted by molar-refractivity contribution is 5.54. The maximum Gasteiger partial charge on any atom is 0.311 e. The summed E-state index contributed by atoms with van der Waals surface area (Å²) >= 11 is 0. The van der Waals surface area contributed by atoms with E-state index in [1.165, 1.54) is 69.4 Å². The van der Waals surface area contributed by atoms with Crippen LogP contribution in [0.15, 0.2) is 97.1 Å². The van der Waals surface area contributed by atoms with Gasteiger partial charge in [0.25, 0.3) is 0 Å². The molecule has 8 fully saturated rings. The van der Waals surface area contributed by atoms with Gasteiger partial charge >= 0.3 is 5.69 Å². The minimum Gasteiger partial charge on any atom is -0.482 e. The maximum absolute atomic E-state index is 12.0. The minimum atomic E-state index is -0.444. The zero-order valence-electron chi connectivity index (χ0n) is 29.5. The minimum absolute atomic E-state index is 0.0726. The molecule has 5 atom stereocenters. The van der Waals surface area contributed by atoms with E-state index in [0.29, 0.717) is 23.0 Å². The van der Waals surface area contributed by atoms with Crippen LogP contribution in [0.1, 0.15) is 94.6 Å². The van der Waals surface area contributed by atoms with Gasteiger partial charge in [-0.15, -0.1) is 0 Å². The quantitative estimate of drug-likeness (QED) is 0.179. The number of aliphatic hydroxyl groups is 1. The predicted molar refractivity (Wildman–Crippen MR) is 197 cm³/mol. The summed E-state index contributed by atoms with van der Waals surface area (Å²) in [5.41, 5.74) is 2.09. The Hall–Kier alpha value is -3.90. The third kappa shape index (κ3) is 4.91. The lowest BCUT2D eigenvalue weighted by atomic mass is 9.30. The van der Waals surface area contributed by atoms with Gasteiger partial charge in [-0.05, 0) is 141 Å². The molecule has 9 aliphatic rings. The molecule has 12 rings (SSSR count). The van der Waals surface area contributed by atoms with Crippen LogP contribution in [0.25, 0.3) is 0 Å². The van der Waals surface area contributed by atoms with Crippen LogP contribution in [0.3, 0.4) is 0 Å². The highest BCUT2D eigenvalue weighted by atomic mass is 16.6. The highest BCUT2D eigenvalue weighted by Gasteiger charge is 2.72. The van der Waals surface area contributed by atoms with E-state index in [-0.39, 0.29) is 34.3 Å². The number of hydrogen-bond donors (Lipinski definition) is 1. The molecule has 6 heteroatoms. The van der Waals surface area contributed by atoms with Crippen LogP contribution >= 0.6 is 0 Å². The molecule has 8 saturated carbocycles. The molecule has 3 aromatic rings. The van der Waals surface area contributed by atoms with E-state index in [1.54, 1.807) is 12.1 Å². The smallest absolute Gasteiger partial charge is 0.311 e. The van der Waals surface area contributed by atoms with E-state index in [4.69, 9.17) is 9.47 Å². The van der Waals surface area contributed by atoms with Gasteiger partial charge in [-0.2, -0.15) is 0 Å². The first-order valence-corrected chi connectivity index (χ1v) is 19.5. The molecule has 0 heterocycles. The molecule has 0 radical (unpaired) electrons. The number of allylic oxidation sites excluding steroid dienone is 4. The molecule has 1 N–H and O–H groups in total. The van der Waals surface area contributed by atoms with Crippen molar-refractivity contribution >= 4 is 5.69 Å². The third-order valence-corrected chi connectivity index (χ3v) is 15.2. The molecule has 264 valence electrons. The summed E-state index contributed by atoms with van der Waals surface area (Å²) in [6, 6.07) is 23.2. The monoisotopic (exact) mass is 683 g/mol. The second-order valence-electron chi connectivity index (χ2n) is 18.2. The van der Waals surface area contributed by atoms with Gasteiger partial charge in [0.15, 0.2) is 0 Å². The van der Waals surface area contributed by atoms with E-state index < -0.39 is 10.5 Å². The predicted octanol–water partition coefficient (Wildman–Crippen LogP) is 10.6. The lowest BCUT2D eigenvalue weighted by Crippen LogP contribution is -2.68. The molecule has 0 aliphatic heterocycles. The Morgan fingerprint density at radius 3 is 2.04 bits per heavy atom. The van der Waals surface area contributed by atoms with Crippen LogP contribution in [-0.4, -0.2) is 15.6 Å². The Morgan fingerprint density at radius 1 is 0.725 bits per heavy atom. The summed E-state index contributed by atoms with van der Waals surface area (Å²) in [7, 11) is 0. The topological polar surface area (TPSA) is 81.8 Å². The van der Waals surface area contributed by atoms with Crippen LogP contribution in [-0.2, 0) is 12.0 Å². The number of rotatable bonds is 9. The first-order valence-electron chi connectivity index (χ1n) is 19.5. The number of hydrogen-bond acceptors (Lipinski definition) is 5. The average molecular weight is 684 g/mol. The Kier molecular flexibility index (Phi) is 7.05. The lowest BCUT2D eigenvalue weighted by molar-refractivity contribution is -0.386. The number of nitro groups is 1. The second-order valence-corrected chi connectivity index (χ2v) is 18.2. The molecule has 5 unspecified atom stereocenters. The van der Waals surface area contributed by atoms with Gasteiger partial charge in [0.2, 0.25) is 5.75 Å². The van der Waals surface area contributed by atoms with Crippen molar-refractivity contribution in [1.29, 1.82) is 0 Å². The molecule has 0 amide bonds. The zero-order chi connectivity index (χ0) is 34.5. The third-order valence-electron chi connectivity index (χ3n) is 15.2. The van der Waals surface area contributed by atoms with Gasteiger partial charge in [0, 0.05) is 23.1 Å². The summed E-state index contributed by atoms with van der Waals surface area (Å²) in [5.74, 6) is 4.41. The van der Waals surface area contributed by atoms with Crippen molar-refractivity contribution in [2.75, 3.05) is 0 Å². The summed E-state index contributed by atoms with van der Waals surface area (Å²) in [6.45, 7) is 0.231. The molecule has 0 aromatic heterocycles. The molecular weight excluding hydrogens is 634 g/mol. The summed E-state index contributed by atoms with van der Waals surface area (Å²) < 4.78 is 12.9. The molecule has 8 bridgehead atoms. The largest absolute Gasteiger partial charge is 0.482 e. The Bertz CT molecular complexity index is 1900. The standard InChI is InChI=1S/C45H49NO5/c47-44-26-34-18-35(27-44)23-42(22-34,30-44)41-20-32-17-33(21-41)25-43(24-32,29-41)45(15-7-2-8-16-45)37-11-5-6-12-39(37)51-36-13-14-38(46(48)49)40(19-36)50-28-31-9-3-1-4-10-31/h1-15,19,32-35,47H,16-18,20-30H2. The van der Waals surface area contributed by atoms with Crippen molar-refractivity contribution in [1.82, 2.24) is 0 Å². The van der Waals surface area contributed by atoms with Gasteiger partial charge in [0.05, 0.1) is 10.5 Å². The number of ether oxygens (including phenoxy) is 2. The van der Waals surface area contributed by atoms with Gasteiger partial charge in [-0.1, -0.05) is 72.8 Å². The van der Waals surface area contributed by atoms with Crippen molar-refractivity contribution in [3.8, 4) is 17.2 Å². The Labute approximate surface area is 301 Å². The average Bonchev–Trinajstić information content (AvgIpc) is 3.10. The summed E-state index contributed by atoms with van der Waals surface area (Å²) in [5, 5.41) is 24.0. The van der Waals surface area contributed by atoms with E-state index in [2.05, 4.69) is 42.5 Å². The lowest BCUT2D eigenvalue weighted by Gasteiger charge is -2.75. The summed E-state index contributed by atoms with van der Waals surface area (Å²) in [4.78, 5) is 11.6. The fraction of sp³-hybridized carbons (Fsp3) is 0.511. The fourth-order valence-electron chi connectivity index (χ4n) is 14.3. The van der Waals surface area contributed by atoms with Crippen molar-refractivity contribution in [2.45, 2.75) is 101 Å². The molecular formula is C45H49NO5. The molecule has 3 aromatic carbocycles. The van der Waals surface area contributed by atoms with Gasteiger partial charge in [-0.3, -0.25) is 10.1 Å². The second kappa shape index (κ2) is 11.3. The van der Waals surface area contributed by atoms with Crippen LogP contribution in [0, 0.1) is 50.0 Å². The maximum atomic E-state index is 12.0. The Morgan fingerprint density at radius 2 is 1.37 bits per heavy atom. The van der Waals surface area contributed by atoms with E-state index >= 15 is 0 Å². The van der Waals surface area contributed by atoms with Crippen LogP contribution in [0.5, 0.6) is 17.2 Å². The van der Waals surface area contributed by atoms with E-state index in [9.17, 15) is 15.2 Å². The van der Waals surface area contributed by atoms with Gasteiger partial charge in [0.1, 0.15) is 18.1 Å². The number of nitrogens with zero attached hydrogens (tertiary/aromatic N) is 1. The van der Waals surface area contributed by atoms with E-state index in [0.717, 1.165) is 48.8 Å². The molecule has 6 nitrogen and oxygen atoms in total. The normalized spacial score (nSPS) is 39.7. The highest BCUT2D eigenvalue weighted by Crippen LogP contribution is 2.80. The molecule has 9 aliphatic carbocycles. The zero-order valence-corrected chi connectivity index (χ0v) is 29.5. The fourth-order valence-corrected chi connectivity index (χ4v) is 14.3. The van der Waals surface area contributed by atoms with Crippen molar-refractivity contribution in [3.63, 3.8) is 0 Å². The van der Waals surface area contributed by atoms with Gasteiger partial charge in [-0.25, -0.2) is 0 Å². The van der Waals surface area contributed by atoms with E-state index in [1.807, 2.05) is 36.4 Å². The first kappa shape index (κ1) is 31.8. The molecule has 0 spiro atoms. The summed E-state index contributed by atoms with van der Waals surface area (Å²) in [6.07, 6.45) is 25.2. The number of para-hydroxylation sites is 1. The SMILES string of the molecule is O=[N+]([O-])c1ccc(Oc2ccccc2C2(C34CC5CC(CC(C67CC8CC(CC(O)(C8)C6)C7)(C5)C3)C4)C=CC=CC2)cc1OCc1ccccc1. The first-order chi connectivity index (χ1) is 24.7. The van der Waals surface area contributed by atoms with Crippen molar-refractivity contribution in [2.24, 2.45) is 39.9 Å². The molecule has 0 saturated heterocycles. The van der Waals surface area contributed by atoms with Crippen molar-refractivity contribution in [3.05, 3.63) is 118 Å². The van der Waals surface area contributed by atoms with Gasteiger partial charge < -0.3 is 14.6 Å². The van der Waals surface area contributed by atoms with Crippen LogP contribution < -0.4 is 9.47 Å². The van der Waals surface area contributed by atoms with Crippen molar-refractivity contribution < 1.29 is 19.5 Å².